The molecule has 18 heavy (non-hydrogen) atoms. The summed E-state index contributed by atoms with van der Waals surface area (Å²) in [5.41, 5.74) is 1.92. The Balaban J connectivity index is 2.61. The summed E-state index contributed by atoms with van der Waals surface area (Å²) in [5.74, 6) is 0.812. The minimum atomic E-state index is 0.416. The fourth-order valence-electron chi connectivity index (χ4n) is 1.49. The molecule has 1 rings (SSSR count). The molecule has 0 unspecified atom stereocenters. The number of aromatic nitrogens is 1. The van der Waals surface area contributed by atoms with Crippen molar-refractivity contribution in [2.45, 2.75) is 46.2 Å². The van der Waals surface area contributed by atoms with Gasteiger partial charge in [-0.15, -0.1) is 0 Å². The van der Waals surface area contributed by atoms with Gasteiger partial charge in [0.15, 0.2) is 0 Å². The number of hydrogen-bond acceptors (Lipinski definition) is 4. The van der Waals surface area contributed by atoms with Crippen molar-refractivity contribution in [3.8, 4) is 11.8 Å². The molecule has 0 aromatic carbocycles. The highest BCUT2D eigenvalue weighted by molar-refractivity contribution is 5.29. The van der Waals surface area contributed by atoms with Gasteiger partial charge in [-0.3, -0.25) is 4.98 Å². The highest BCUT2D eigenvalue weighted by Crippen LogP contribution is 2.17. The molecule has 0 radical (unpaired) electrons. The summed E-state index contributed by atoms with van der Waals surface area (Å²) in [4.78, 5) is 4.49. The van der Waals surface area contributed by atoms with Crippen LogP contribution in [0.15, 0.2) is 12.1 Å². The van der Waals surface area contributed by atoms with E-state index in [0.717, 1.165) is 23.6 Å². The van der Waals surface area contributed by atoms with E-state index in [4.69, 9.17) is 10.00 Å². The second-order valence-electron chi connectivity index (χ2n) is 4.54. The quantitative estimate of drug-likeness (QED) is 0.752. The molecule has 0 fully saturated rings. The van der Waals surface area contributed by atoms with Crippen LogP contribution in [0.2, 0.25) is 0 Å². The third-order valence-corrected chi connectivity index (χ3v) is 2.44. The molecule has 0 atom stereocenters. The SMILES string of the molecule is Cc1ccc(OCCCC#N)c(CNC(C)C)n1. The Morgan fingerprint density at radius 3 is 2.89 bits per heavy atom. The van der Waals surface area contributed by atoms with Crippen LogP contribution in [0, 0.1) is 18.3 Å². The number of nitriles is 1. The van der Waals surface area contributed by atoms with Crippen LogP contribution in [0.4, 0.5) is 0 Å². The maximum Gasteiger partial charge on any atom is 0.142 e. The standard InChI is InChI=1S/C14H21N3O/c1-11(2)16-10-13-14(7-6-12(3)17-13)18-9-5-4-8-15/h6-7,11,16H,4-5,9-10H2,1-3H3. The van der Waals surface area contributed by atoms with Crippen LogP contribution in [-0.4, -0.2) is 17.6 Å². The van der Waals surface area contributed by atoms with Gasteiger partial charge in [0.25, 0.3) is 0 Å². The molecule has 1 aromatic rings. The van der Waals surface area contributed by atoms with Crippen LogP contribution in [0.25, 0.3) is 0 Å². The Bertz CT molecular complexity index is 410. The summed E-state index contributed by atoms with van der Waals surface area (Å²) < 4.78 is 5.67. The number of pyridine rings is 1. The number of nitrogens with zero attached hydrogens (tertiary/aromatic N) is 2. The number of rotatable bonds is 7. The number of ether oxygens (including phenoxy) is 1. The molecular formula is C14H21N3O. The Morgan fingerprint density at radius 2 is 2.22 bits per heavy atom. The van der Waals surface area contributed by atoms with Crippen LogP contribution in [0.3, 0.4) is 0 Å². The van der Waals surface area contributed by atoms with Gasteiger partial charge in [0.1, 0.15) is 5.75 Å². The first kappa shape index (κ1) is 14.5. The summed E-state index contributed by atoms with van der Waals surface area (Å²) in [6, 6.07) is 6.42. The molecule has 0 amide bonds. The molecule has 1 aromatic heterocycles. The lowest BCUT2D eigenvalue weighted by Gasteiger charge is -2.13. The van der Waals surface area contributed by atoms with Crippen molar-refractivity contribution in [3.63, 3.8) is 0 Å². The molecule has 1 N–H and O–H groups in total. The fraction of sp³-hybridized carbons (Fsp3) is 0.571. The van der Waals surface area contributed by atoms with Crippen LogP contribution < -0.4 is 10.1 Å². The van der Waals surface area contributed by atoms with Gasteiger partial charge in [0.05, 0.1) is 18.4 Å². The number of nitrogens with one attached hydrogen (secondary N) is 1. The van der Waals surface area contributed by atoms with Crippen molar-refractivity contribution in [2.75, 3.05) is 6.61 Å². The van der Waals surface area contributed by atoms with Gasteiger partial charge >= 0.3 is 0 Å². The summed E-state index contributed by atoms with van der Waals surface area (Å²) in [6.07, 6.45) is 1.28. The van der Waals surface area contributed by atoms with Crippen LogP contribution in [0.5, 0.6) is 5.75 Å². The zero-order valence-electron chi connectivity index (χ0n) is 11.4. The maximum atomic E-state index is 8.47. The molecule has 0 aliphatic rings. The monoisotopic (exact) mass is 247 g/mol. The van der Waals surface area contributed by atoms with Crippen molar-refractivity contribution in [3.05, 3.63) is 23.5 Å². The number of unbranched alkanes of at least 4 members (excludes halogenated alkanes) is 1. The molecule has 4 nitrogen and oxygen atoms in total. The average Bonchev–Trinajstić information content (AvgIpc) is 2.34. The number of hydrogen-bond donors (Lipinski definition) is 1. The fourth-order valence-corrected chi connectivity index (χ4v) is 1.49. The van der Waals surface area contributed by atoms with E-state index < -0.39 is 0 Å². The second kappa shape index (κ2) is 7.67. The van der Waals surface area contributed by atoms with E-state index in [1.165, 1.54) is 0 Å². The van der Waals surface area contributed by atoms with Gasteiger partial charge in [-0.1, -0.05) is 13.8 Å². The highest BCUT2D eigenvalue weighted by atomic mass is 16.5. The molecule has 0 saturated carbocycles. The summed E-state index contributed by atoms with van der Waals surface area (Å²) in [6.45, 7) is 7.44. The Labute approximate surface area is 109 Å². The van der Waals surface area contributed by atoms with Gasteiger partial charge < -0.3 is 10.1 Å². The largest absolute Gasteiger partial charge is 0.492 e. The van der Waals surface area contributed by atoms with Crippen molar-refractivity contribution < 1.29 is 4.74 Å². The lowest BCUT2D eigenvalue weighted by molar-refractivity contribution is 0.306. The average molecular weight is 247 g/mol. The molecule has 0 spiro atoms. The smallest absolute Gasteiger partial charge is 0.142 e. The molecule has 0 aliphatic heterocycles. The third-order valence-electron chi connectivity index (χ3n) is 2.44. The first-order valence-electron chi connectivity index (χ1n) is 6.33. The molecule has 1 heterocycles. The minimum Gasteiger partial charge on any atom is -0.492 e. The Kier molecular flexibility index (Phi) is 6.16. The van der Waals surface area contributed by atoms with Crippen LogP contribution in [0.1, 0.15) is 38.1 Å². The molecule has 0 saturated heterocycles. The van der Waals surface area contributed by atoms with Gasteiger partial charge in [-0.2, -0.15) is 5.26 Å². The summed E-state index contributed by atoms with van der Waals surface area (Å²) in [5, 5.41) is 11.8. The van der Waals surface area contributed by atoms with E-state index in [1.807, 2.05) is 19.1 Å². The molecule has 0 aliphatic carbocycles. The zero-order valence-corrected chi connectivity index (χ0v) is 11.4. The minimum absolute atomic E-state index is 0.416. The van der Waals surface area contributed by atoms with E-state index in [-0.39, 0.29) is 0 Å². The van der Waals surface area contributed by atoms with Gasteiger partial charge in [-0.25, -0.2) is 0 Å². The Morgan fingerprint density at radius 1 is 1.44 bits per heavy atom. The van der Waals surface area contributed by atoms with Crippen molar-refractivity contribution in [2.24, 2.45) is 0 Å². The first-order chi connectivity index (χ1) is 8.63. The molecule has 98 valence electrons. The maximum absolute atomic E-state index is 8.47. The summed E-state index contributed by atoms with van der Waals surface area (Å²) in [7, 11) is 0. The van der Waals surface area contributed by atoms with E-state index in [2.05, 4.69) is 30.2 Å². The van der Waals surface area contributed by atoms with Gasteiger partial charge in [0, 0.05) is 24.7 Å². The predicted octanol–water partition coefficient (Wildman–Crippen LogP) is 2.57. The molecule has 0 bridgehead atoms. The normalized spacial score (nSPS) is 10.4. The van der Waals surface area contributed by atoms with Gasteiger partial charge in [0.2, 0.25) is 0 Å². The molecular weight excluding hydrogens is 226 g/mol. The lowest BCUT2D eigenvalue weighted by atomic mass is 10.2. The zero-order chi connectivity index (χ0) is 13.4. The van der Waals surface area contributed by atoms with E-state index in [1.54, 1.807) is 0 Å². The van der Waals surface area contributed by atoms with Crippen LogP contribution in [-0.2, 0) is 6.54 Å². The van der Waals surface area contributed by atoms with Crippen LogP contribution >= 0.6 is 0 Å². The highest BCUT2D eigenvalue weighted by Gasteiger charge is 2.06. The summed E-state index contributed by atoms with van der Waals surface area (Å²) >= 11 is 0. The Hall–Kier alpha value is -1.60. The van der Waals surface area contributed by atoms with E-state index >= 15 is 0 Å². The lowest BCUT2D eigenvalue weighted by Crippen LogP contribution is -2.23. The van der Waals surface area contributed by atoms with E-state index in [0.29, 0.717) is 25.6 Å². The van der Waals surface area contributed by atoms with Crippen molar-refractivity contribution in [1.82, 2.24) is 10.3 Å². The first-order valence-corrected chi connectivity index (χ1v) is 6.33. The predicted molar refractivity (Wildman–Crippen MR) is 71.3 cm³/mol. The van der Waals surface area contributed by atoms with Crippen molar-refractivity contribution in [1.29, 1.82) is 5.26 Å². The second-order valence-corrected chi connectivity index (χ2v) is 4.54. The van der Waals surface area contributed by atoms with Gasteiger partial charge in [-0.05, 0) is 25.5 Å². The van der Waals surface area contributed by atoms with Crippen molar-refractivity contribution >= 4 is 0 Å². The number of aryl methyl sites for hydroxylation is 1. The van der Waals surface area contributed by atoms with E-state index in [9.17, 15) is 0 Å². The topological polar surface area (TPSA) is 57.9 Å². The molecule has 4 heteroatoms. The third kappa shape index (κ3) is 5.15.